The van der Waals surface area contributed by atoms with Crippen LogP contribution in [0.2, 0.25) is 0 Å². The molecule has 7 heteroatoms. The van der Waals surface area contributed by atoms with Crippen LogP contribution in [0.3, 0.4) is 0 Å². The molecule has 0 rings (SSSR count). The first-order chi connectivity index (χ1) is 7.49. The second-order valence-corrected chi connectivity index (χ2v) is 3.32. The number of aliphatic carboxylic acids is 1. The summed E-state index contributed by atoms with van der Waals surface area (Å²) in [6.07, 6.45) is -1.11. The molecule has 2 atom stereocenters. The summed E-state index contributed by atoms with van der Waals surface area (Å²) in [5.41, 5.74) is 5.51. The fourth-order valence-corrected chi connectivity index (χ4v) is 0.963. The Hall–Kier alpha value is -1.18. The Morgan fingerprint density at radius 1 is 1.44 bits per heavy atom. The number of carboxylic acid groups (broad SMARTS) is 1. The molecule has 0 aliphatic heterocycles. The maximum Gasteiger partial charge on any atom is 0.332 e. The van der Waals surface area contributed by atoms with Crippen LogP contribution in [0.5, 0.6) is 0 Å². The van der Waals surface area contributed by atoms with Gasteiger partial charge in [0, 0.05) is 26.7 Å². The fourth-order valence-electron chi connectivity index (χ4n) is 0.963. The van der Waals surface area contributed by atoms with Crippen LogP contribution >= 0.6 is 0 Å². The number of ether oxygens (including phenoxy) is 1. The Morgan fingerprint density at radius 3 is 2.56 bits per heavy atom. The van der Waals surface area contributed by atoms with E-state index >= 15 is 0 Å². The minimum absolute atomic E-state index is 0.0436. The number of hydrogen-bond donors (Lipinski definition) is 4. The minimum Gasteiger partial charge on any atom is -0.479 e. The van der Waals surface area contributed by atoms with Gasteiger partial charge < -0.3 is 26.0 Å². The molecule has 0 aromatic heterocycles. The number of nitrogens with one attached hydrogen (secondary N) is 1. The van der Waals surface area contributed by atoms with Crippen LogP contribution in [-0.2, 0) is 14.3 Å². The van der Waals surface area contributed by atoms with Crippen molar-refractivity contribution in [3.63, 3.8) is 0 Å². The Balaban J connectivity index is 3.68. The Morgan fingerprint density at radius 2 is 2.06 bits per heavy atom. The predicted octanol–water partition coefficient (Wildman–Crippen LogP) is -1.70. The Bertz CT molecular complexity index is 234. The van der Waals surface area contributed by atoms with Crippen LogP contribution in [0, 0.1) is 0 Å². The summed E-state index contributed by atoms with van der Waals surface area (Å²) in [7, 11) is 1.51. The highest BCUT2D eigenvalue weighted by Gasteiger charge is 2.15. The van der Waals surface area contributed by atoms with E-state index in [2.05, 4.69) is 5.32 Å². The molecule has 5 N–H and O–H groups in total. The van der Waals surface area contributed by atoms with Gasteiger partial charge in [-0.15, -0.1) is 0 Å². The van der Waals surface area contributed by atoms with E-state index in [1.807, 2.05) is 0 Å². The molecule has 94 valence electrons. The summed E-state index contributed by atoms with van der Waals surface area (Å²) in [6.45, 7) is 0.458. The molecule has 0 aliphatic rings. The van der Waals surface area contributed by atoms with E-state index in [4.69, 9.17) is 20.7 Å². The summed E-state index contributed by atoms with van der Waals surface area (Å²) >= 11 is 0. The Kier molecular flexibility index (Phi) is 7.44. The molecule has 0 fully saturated rings. The number of hydrogen-bond acceptors (Lipinski definition) is 5. The van der Waals surface area contributed by atoms with Gasteiger partial charge >= 0.3 is 5.97 Å². The lowest BCUT2D eigenvalue weighted by Crippen LogP contribution is -2.42. The van der Waals surface area contributed by atoms with Crippen LogP contribution in [0.4, 0.5) is 0 Å². The minimum atomic E-state index is -1.46. The monoisotopic (exact) mass is 234 g/mol. The highest BCUT2D eigenvalue weighted by atomic mass is 16.5. The normalized spacial score (nSPS) is 14.2. The van der Waals surface area contributed by atoms with Crippen molar-refractivity contribution in [1.82, 2.24) is 5.32 Å². The van der Waals surface area contributed by atoms with Crippen LogP contribution in [-0.4, -0.2) is 54.5 Å². The third-order valence-corrected chi connectivity index (χ3v) is 1.97. The number of carboxylic acids is 1. The molecular weight excluding hydrogens is 216 g/mol. The lowest BCUT2D eigenvalue weighted by molar-refractivity contribution is -0.147. The molecule has 0 saturated heterocycles. The van der Waals surface area contributed by atoms with E-state index in [0.717, 1.165) is 0 Å². The van der Waals surface area contributed by atoms with Gasteiger partial charge in [0.05, 0.1) is 6.04 Å². The number of methoxy groups -OCH3 is 1. The first-order valence-electron chi connectivity index (χ1n) is 4.92. The zero-order chi connectivity index (χ0) is 12.6. The molecule has 0 radical (unpaired) electrons. The third-order valence-electron chi connectivity index (χ3n) is 1.97. The van der Waals surface area contributed by atoms with Crippen LogP contribution < -0.4 is 11.1 Å². The van der Waals surface area contributed by atoms with Crippen LogP contribution in [0.25, 0.3) is 0 Å². The van der Waals surface area contributed by atoms with E-state index in [-0.39, 0.29) is 18.9 Å². The van der Waals surface area contributed by atoms with Gasteiger partial charge in [0.2, 0.25) is 5.91 Å². The van der Waals surface area contributed by atoms with Crippen molar-refractivity contribution < 1.29 is 24.5 Å². The maximum absolute atomic E-state index is 11.3. The smallest absolute Gasteiger partial charge is 0.332 e. The van der Waals surface area contributed by atoms with Crippen molar-refractivity contribution in [1.29, 1.82) is 0 Å². The number of amides is 1. The van der Waals surface area contributed by atoms with Crippen molar-refractivity contribution in [3.05, 3.63) is 0 Å². The van der Waals surface area contributed by atoms with Crippen molar-refractivity contribution in [2.45, 2.75) is 25.0 Å². The highest BCUT2D eigenvalue weighted by molar-refractivity contribution is 5.81. The lowest BCUT2D eigenvalue weighted by atomic mass is 10.2. The average Bonchev–Trinajstić information content (AvgIpc) is 2.25. The molecule has 0 heterocycles. The second kappa shape index (κ2) is 8.03. The van der Waals surface area contributed by atoms with E-state index in [9.17, 15) is 9.59 Å². The summed E-state index contributed by atoms with van der Waals surface area (Å²) < 4.78 is 4.76. The van der Waals surface area contributed by atoms with Gasteiger partial charge in [-0.3, -0.25) is 4.79 Å². The van der Waals surface area contributed by atoms with Gasteiger partial charge in [0.1, 0.15) is 0 Å². The predicted molar refractivity (Wildman–Crippen MR) is 55.7 cm³/mol. The van der Waals surface area contributed by atoms with Crippen LogP contribution in [0.1, 0.15) is 12.8 Å². The number of nitrogens with two attached hydrogens (primary N) is 1. The third kappa shape index (κ3) is 6.33. The largest absolute Gasteiger partial charge is 0.479 e. The summed E-state index contributed by atoms with van der Waals surface area (Å²) in [5.74, 6) is -1.69. The van der Waals surface area contributed by atoms with Gasteiger partial charge in [-0.1, -0.05) is 0 Å². The first kappa shape index (κ1) is 14.8. The molecule has 7 nitrogen and oxygen atoms in total. The SMILES string of the molecule is COCCC(N)C(=O)NCCC(O)C(=O)O. The molecule has 0 bridgehead atoms. The number of rotatable bonds is 8. The zero-order valence-electron chi connectivity index (χ0n) is 9.18. The highest BCUT2D eigenvalue weighted by Crippen LogP contribution is 1.92. The number of aliphatic hydroxyl groups excluding tert-OH is 1. The number of carbonyl (C=O) groups is 2. The van der Waals surface area contributed by atoms with Gasteiger partial charge in [0.15, 0.2) is 6.10 Å². The van der Waals surface area contributed by atoms with Crippen molar-refractivity contribution in [2.75, 3.05) is 20.3 Å². The van der Waals surface area contributed by atoms with Gasteiger partial charge in [-0.25, -0.2) is 4.79 Å². The topological polar surface area (TPSA) is 122 Å². The molecule has 16 heavy (non-hydrogen) atoms. The van der Waals surface area contributed by atoms with E-state index < -0.39 is 18.1 Å². The Labute approximate surface area is 93.6 Å². The summed E-state index contributed by atoms with van der Waals surface area (Å²) in [5, 5.41) is 19.7. The van der Waals surface area contributed by atoms with Crippen molar-refractivity contribution in [2.24, 2.45) is 5.73 Å². The van der Waals surface area contributed by atoms with Crippen molar-refractivity contribution >= 4 is 11.9 Å². The first-order valence-corrected chi connectivity index (χ1v) is 4.92. The zero-order valence-corrected chi connectivity index (χ0v) is 9.18. The van der Waals surface area contributed by atoms with Crippen molar-refractivity contribution in [3.8, 4) is 0 Å². The van der Waals surface area contributed by atoms with Gasteiger partial charge in [0.25, 0.3) is 0 Å². The van der Waals surface area contributed by atoms with Gasteiger partial charge in [-0.2, -0.15) is 0 Å². The molecule has 0 spiro atoms. The summed E-state index contributed by atoms with van der Waals surface area (Å²) in [6, 6.07) is -0.679. The van der Waals surface area contributed by atoms with E-state index in [0.29, 0.717) is 13.0 Å². The molecule has 0 aliphatic carbocycles. The molecule has 1 amide bonds. The summed E-state index contributed by atoms with van der Waals surface area (Å²) in [4.78, 5) is 21.5. The molecule has 0 aromatic rings. The quantitative estimate of drug-likeness (QED) is 0.397. The standard InChI is InChI=1S/C9H18N2O5/c1-16-5-3-6(10)8(13)11-4-2-7(12)9(14)15/h6-7,12H,2-5,10H2,1H3,(H,11,13)(H,14,15). The maximum atomic E-state index is 11.3. The molecule has 2 unspecified atom stereocenters. The number of carbonyl (C=O) groups excluding carboxylic acids is 1. The number of aliphatic hydroxyl groups is 1. The van der Waals surface area contributed by atoms with E-state index in [1.165, 1.54) is 7.11 Å². The molecule has 0 saturated carbocycles. The molecule has 0 aromatic carbocycles. The van der Waals surface area contributed by atoms with E-state index in [1.54, 1.807) is 0 Å². The fraction of sp³-hybridized carbons (Fsp3) is 0.778. The molecular formula is C9H18N2O5. The van der Waals surface area contributed by atoms with Crippen LogP contribution in [0.15, 0.2) is 0 Å². The average molecular weight is 234 g/mol. The second-order valence-electron chi connectivity index (χ2n) is 3.32. The lowest BCUT2D eigenvalue weighted by Gasteiger charge is -2.12. The van der Waals surface area contributed by atoms with Gasteiger partial charge in [-0.05, 0) is 6.42 Å².